The van der Waals surface area contributed by atoms with Gasteiger partial charge in [0.1, 0.15) is 5.75 Å². The van der Waals surface area contributed by atoms with Crippen LogP contribution in [0.5, 0.6) is 5.75 Å². The molecule has 0 radical (unpaired) electrons. The highest BCUT2D eigenvalue weighted by Crippen LogP contribution is 2.41. The Morgan fingerprint density at radius 1 is 1.14 bits per heavy atom. The normalized spacial score (nSPS) is 25.6. The van der Waals surface area contributed by atoms with Crippen LogP contribution in [0.3, 0.4) is 0 Å². The van der Waals surface area contributed by atoms with Crippen molar-refractivity contribution in [2.45, 2.75) is 82.8 Å². The second kappa shape index (κ2) is 13.6. The predicted molar refractivity (Wildman–Crippen MR) is 141 cm³/mol. The van der Waals surface area contributed by atoms with Crippen molar-refractivity contribution in [2.24, 2.45) is 5.92 Å². The van der Waals surface area contributed by atoms with Crippen LogP contribution in [-0.2, 0) is 20.7 Å². The van der Waals surface area contributed by atoms with Gasteiger partial charge in [0, 0.05) is 51.2 Å². The second-order valence-electron chi connectivity index (χ2n) is 10.8. The number of nitrogens with zero attached hydrogens (tertiary/aromatic N) is 2. The number of amides is 1. The van der Waals surface area contributed by atoms with Gasteiger partial charge in [0.25, 0.3) is 0 Å². The van der Waals surface area contributed by atoms with Crippen molar-refractivity contribution in [3.05, 3.63) is 29.3 Å². The molecule has 1 aromatic rings. The molecule has 2 fully saturated rings. The van der Waals surface area contributed by atoms with Crippen LogP contribution in [0.15, 0.2) is 18.2 Å². The lowest BCUT2D eigenvalue weighted by molar-refractivity contribution is -0.144. The summed E-state index contributed by atoms with van der Waals surface area (Å²) in [5, 5.41) is 19.8. The number of carbonyl (C=O) groups excluding carboxylic acids is 1. The molecular formula is C29H44N2O6. The Balaban J connectivity index is 1.55. The van der Waals surface area contributed by atoms with Gasteiger partial charge in [-0.05, 0) is 62.1 Å². The van der Waals surface area contributed by atoms with Crippen molar-refractivity contribution in [3.63, 3.8) is 0 Å². The number of ether oxygens (including phenoxy) is 2. The maximum atomic E-state index is 13.4. The molecule has 206 valence electrons. The summed E-state index contributed by atoms with van der Waals surface area (Å²) in [7, 11) is 0. The third-order valence-electron chi connectivity index (χ3n) is 8.29. The molecule has 8 nitrogen and oxygen atoms in total. The highest BCUT2D eigenvalue weighted by molar-refractivity contribution is 5.79. The van der Waals surface area contributed by atoms with Crippen LogP contribution in [0.2, 0.25) is 0 Å². The van der Waals surface area contributed by atoms with E-state index in [1.54, 1.807) is 0 Å². The highest BCUT2D eigenvalue weighted by Gasteiger charge is 2.47. The molecule has 0 spiro atoms. The molecule has 0 aromatic heterocycles. The smallest absolute Gasteiger partial charge is 0.308 e. The monoisotopic (exact) mass is 516 g/mol. The first-order chi connectivity index (χ1) is 18.0. The standard InChI is InChI=1S/C29H44N2O6/c1-2-3-13-30(14-6-15-32)27(33)20-31-19-24(21-8-11-26-22(18-21)12-17-37-26)28(29(34)35)25(31)10-9-23-7-4-5-16-36-23/h8,11,18,23-25,28,32H,2-7,9-10,12-17,19-20H2,1H3,(H,34,35)/t23?,24-,25+,28?/m1/s1. The average molecular weight is 517 g/mol. The Labute approximate surface area is 220 Å². The summed E-state index contributed by atoms with van der Waals surface area (Å²) in [4.78, 5) is 30.1. The minimum Gasteiger partial charge on any atom is -0.493 e. The van der Waals surface area contributed by atoms with Crippen LogP contribution in [0.4, 0.5) is 0 Å². The van der Waals surface area contributed by atoms with Crippen LogP contribution in [-0.4, -0.2) is 90.0 Å². The van der Waals surface area contributed by atoms with Gasteiger partial charge in [-0.3, -0.25) is 14.5 Å². The molecule has 4 rings (SSSR count). The fourth-order valence-corrected chi connectivity index (χ4v) is 6.26. The van der Waals surface area contributed by atoms with E-state index in [2.05, 4.69) is 17.9 Å². The van der Waals surface area contributed by atoms with Gasteiger partial charge in [0.05, 0.1) is 25.2 Å². The molecule has 0 aliphatic carbocycles. The van der Waals surface area contributed by atoms with E-state index in [-0.39, 0.29) is 37.1 Å². The van der Waals surface area contributed by atoms with Gasteiger partial charge in [0.2, 0.25) is 5.91 Å². The van der Waals surface area contributed by atoms with Crippen molar-refractivity contribution >= 4 is 11.9 Å². The number of unbranched alkanes of at least 4 members (excludes halogenated alkanes) is 1. The third-order valence-corrected chi connectivity index (χ3v) is 8.29. The molecule has 1 amide bonds. The number of aliphatic hydroxyl groups is 1. The van der Waals surface area contributed by atoms with Gasteiger partial charge in [0.15, 0.2) is 0 Å². The summed E-state index contributed by atoms with van der Waals surface area (Å²) in [5.41, 5.74) is 2.16. The van der Waals surface area contributed by atoms with Crippen LogP contribution in [0.1, 0.15) is 75.3 Å². The quantitative estimate of drug-likeness (QED) is 0.414. The van der Waals surface area contributed by atoms with Gasteiger partial charge < -0.3 is 24.6 Å². The summed E-state index contributed by atoms with van der Waals surface area (Å²) in [6.07, 6.45) is 8.23. The minimum absolute atomic E-state index is 0.0213. The van der Waals surface area contributed by atoms with Gasteiger partial charge in [-0.15, -0.1) is 0 Å². The fraction of sp³-hybridized carbons (Fsp3) is 0.724. The number of carboxylic acids is 1. The topological polar surface area (TPSA) is 99.5 Å². The summed E-state index contributed by atoms with van der Waals surface area (Å²) in [6, 6.07) is 5.86. The fourth-order valence-electron chi connectivity index (χ4n) is 6.26. The van der Waals surface area contributed by atoms with Crippen molar-refractivity contribution < 1.29 is 29.3 Å². The summed E-state index contributed by atoms with van der Waals surface area (Å²) < 4.78 is 11.6. The van der Waals surface area contributed by atoms with E-state index < -0.39 is 11.9 Å². The minimum atomic E-state index is -0.797. The van der Waals surface area contributed by atoms with E-state index in [4.69, 9.17) is 9.47 Å². The molecular weight excluding hydrogens is 472 g/mol. The molecule has 37 heavy (non-hydrogen) atoms. The van der Waals surface area contributed by atoms with Crippen molar-refractivity contribution in [2.75, 3.05) is 46.0 Å². The van der Waals surface area contributed by atoms with Crippen molar-refractivity contribution in [3.8, 4) is 5.75 Å². The Morgan fingerprint density at radius 2 is 1.97 bits per heavy atom. The number of carboxylic acid groups (broad SMARTS) is 1. The van der Waals surface area contributed by atoms with Crippen molar-refractivity contribution in [1.82, 2.24) is 9.80 Å². The SMILES string of the molecule is CCCCN(CCCO)C(=O)CN1C[C@H](c2ccc3c(c2)CCO3)C(C(=O)O)[C@@H]1CCC1CCCCO1. The number of aliphatic carboxylic acids is 1. The molecule has 3 aliphatic rings. The van der Waals surface area contributed by atoms with E-state index >= 15 is 0 Å². The van der Waals surface area contributed by atoms with Crippen molar-refractivity contribution in [1.29, 1.82) is 0 Å². The lowest BCUT2D eigenvalue weighted by Gasteiger charge is -2.31. The van der Waals surface area contributed by atoms with Gasteiger partial charge in [-0.2, -0.15) is 0 Å². The summed E-state index contributed by atoms with van der Waals surface area (Å²) in [5.74, 6) is -0.655. The van der Waals surface area contributed by atoms with Gasteiger partial charge in [-0.1, -0.05) is 25.5 Å². The molecule has 2 unspecified atom stereocenters. The van der Waals surface area contributed by atoms with Crippen LogP contribution in [0, 0.1) is 5.92 Å². The van der Waals surface area contributed by atoms with Gasteiger partial charge >= 0.3 is 5.97 Å². The van der Waals surface area contributed by atoms with E-state index in [9.17, 15) is 19.8 Å². The van der Waals surface area contributed by atoms with E-state index in [0.29, 0.717) is 39.1 Å². The molecule has 1 aromatic carbocycles. The first-order valence-electron chi connectivity index (χ1n) is 14.2. The lowest BCUT2D eigenvalue weighted by atomic mass is 9.82. The number of rotatable bonds is 13. The Hall–Kier alpha value is -2.16. The maximum Gasteiger partial charge on any atom is 0.308 e. The summed E-state index contributed by atoms with van der Waals surface area (Å²) >= 11 is 0. The molecule has 2 saturated heterocycles. The largest absolute Gasteiger partial charge is 0.493 e. The van der Waals surface area contributed by atoms with Gasteiger partial charge in [-0.25, -0.2) is 0 Å². The van der Waals surface area contributed by atoms with E-state index in [1.165, 1.54) is 0 Å². The molecule has 2 N–H and O–H groups in total. The highest BCUT2D eigenvalue weighted by atomic mass is 16.5. The molecule has 8 heteroatoms. The number of hydrogen-bond donors (Lipinski definition) is 2. The third kappa shape index (κ3) is 7.03. The number of benzene rings is 1. The Kier molecular flexibility index (Phi) is 10.2. The number of carbonyl (C=O) groups is 2. The molecule has 0 bridgehead atoms. The first-order valence-corrected chi connectivity index (χ1v) is 14.2. The zero-order valence-corrected chi connectivity index (χ0v) is 22.3. The average Bonchev–Trinajstić information content (AvgIpc) is 3.52. The predicted octanol–water partition coefficient (Wildman–Crippen LogP) is 3.45. The second-order valence-corrected chi connectivity index (χ2v) is 10.8. The zero-order chi connectivity index (χ0) is 26.2. The Bertz CT molecular complexity index is 894. The molecule has 4 atom stereocenters. The summed E-state index contributed by atoms with van der Waals surface area (Å²) in [6.45, 7) is 5.53. The molecule has 0 saturated carbocycles. The zero-order valence-electron chi connectivity index (χ0n) is 22.3. The Morgan fingerprint density at radius 3 is 2.70 bits per heavy atom. The first kappa shape index (κ1) is 27.9. The number of hydrogen-bond acceptors (Lipinski definition) is 6. The lowest BCUT2D eigenvalue weighted by Crippen LogP contribution is -2.45. The molecule has 3 heterocycles. The van der Waals surface area contributed by atoms with Crippen LogP contribution in [0.25, 0.3) is 0 Å². The molecule has 3 aliphatic heterocycles. The number of aliphatic hydroxyl groups excluding tert-OH is 1. The van der Waals surface area contributed by atoms with E-state index in [1.807, 2.05) is 17.0 Å². The number of fused-ring (bicyclic) bond motifs is 1. The van der Waals surface area contributed by atoms with E-state index in [0.717, 1.165) is 68.4 Å². The van der Waals surface area contributed by atoms with Crippen LogP contribution < -0.4 is 4.74 Å². The number of likely N-dealkylation sites (tertiary alicyclic amines) is 1. The van der Waals surface area contributed by atoms with Crippen LogP contribution >= 0.6 is 0 Å². The maximum absolute atomic E-state index is 13.4.